The van der Waals surface area contributed by atoms with Crippen LogP contribution in [0.5, 0.6) is 5.75 Å². The lowest BCUT2D eigenvalue weighted by Crippen LogP contribution is -2.41. The van der Waals surface area contributed by atoms with Gasteiger partial charge in [0.25, 0.3) is 5.56 Å². The van der Waals surface area contributed by atoms with Gasteiger partial charge in [0.05, 0.1) is 19.7 Å². The van der Waals surface area contributed by atoms with Crippen LogP contribution in [0.15, 0.2) is 76.7 Å². The number of benzene rings is 1. The lowest BCUT2D eigenvalue weighted by Gasteiger charge is -2.18. The van der Waals surface area contributed by atoms with Crippen LogP contribution in [0.25, 0.3) is 22.6 Å². The summed E-state index contributed by atoms with van der Waals surface area (Å²) < 4.78 is 8.05. The Balaban J connectivity index is 1.48. The first kappa shape index (κ1) is 26.5. The largest absolute Gasteiger partial charge is 0.497 e. The van der Waals surface area contributed by atoms with E-state index in [0.717, 1.165) is 5.56 Å². The van der Waals surface area contributed by atoms with Crippen LogP contribution < -0.4 is 21.3 Å². The number of methoxy groups -OCH3 is 1. The number of fused-ring (bicyclic) bond motifs is 1. The molecule has 5 rings (SSSR count). The molecule has 4 heterocycles. The maximum Gasteiger partial charge on any atom is 0.333 e. The summed E-state index contributed by atoms with van der Waals surface area (Å²) in [5, 5.41) is 3.01. The Labute approximate surface area is 229 Å². The molecule has 0 saturated carbocycles. The number of carbonyl (C=O) groups is 1. The lowest BCUT2D eigenvalue weighted by atomic mass is 10.1. The molecule has 0 amide bonds. The minimum Gasteiger partial charge on any atom is -0.497 e. The van der Waals surface area contributed by atoms with Crippen LogP contribution in [0.3, 0.4) is 0 Å². The summed E-state index contributed by atoms with van der Waals surface area (Å²) in [5.74, 6) is 1.51. The van der Waals surface area contributed by atoms with Crippen LogP contribution in [-0.4, -0.2) is 48.5 Å². The van der Waals surface area contributed by atoms with Gasteiger partial charge < -0.3 is 15.0 Å². The number of anilines is 1. The Kier molecular flexibility index (Phi) is 7.54. The summed E-state index contributed by atoms with van der Waals surface area (Å²) in [6.45, 7) is 4.16. The molecule has 11 heteroatoms. The van der Waals surface area contributed by atoms with Gasteiger partial charge in [0.1, 0.15) is 22.9 Å². The second-order valence-corrected chi connectivity index (χ2v) is 9.29. The van der Waals surface area contributed by atoms with Crippen molar-refractivity contribution < 1.29 is 9.53 Å². The number of hydrogen-bond donors (Lipinski definition) is 2. The van der Waals surface area contributed by atoms with Gasteiger partial charge in [-0.15, -0.1) is 0 Å². The first-order valence-corrected chi connectivity index (χ1v) is 12.9. The number of nitrogens with zero attached hydrogens (tertiary/aromatic N) is 5. The topological polar surface area (TPSA) is 137 Å². The summed E-state index contributed by atoms with van der Waals surface area (Å²) in [6.07, 6.45) is 5.35. The molecule has 1 unspecified atom stereocenters. The van der Waals surface area contributed by atoms with E-state index in [1.54, 1.807) is 48.3 Å². The van der Waals surface area contributed by atoms with Crippen LogP contribution in [0.2, 0.25) is 0 Å². The Morgan fingerprint density at radius 1 is 1.10 bits per heavy atom. The molecule has 40 heavy (non-hydrogen) atoms. The van der Waals surface area contributed by atoms with E-state index in [0.29, 0.717) is 34.9 Å². The van der Waals surface area contributed by atoms with Gasteiger partial charge in [0, 0.05) is 36.3 Å². The summed E-state index contributed by atoms with van der Waals surface area (Å²) in [4.78, 5) is 55.4. The highest BCUT2D eigenvalue weighted by Crippen LogP contribution is 2.24. The van der Waals surface area contributed by atoms with E-state index in [-0.39, 0.29) is 30.0 Å². The van der Waals surface area contributed by atoms with Gasteiger partial charge >= 0.3 is 5.69 Å². The van der Waals surface area contributed by atoms with Crippen LogP contribution in [0.4, 0.5) is 5.82 Å². The van der Waals surface area contributed by atoms with Gasteiger partial charge in [-0.2, -0.15) is 0 Å². The highest BCUT2D eigenvalue weighted by molar-refractivity contribution is 5.98. The van der Waals surface area contributed by atoms with E-state index in [4.69, 9.17) is 4.74 Å². The van der Waals surface area contributed by atoms with Gasteiger partial charge in [0.2, 0.25) is 0 Å². The van der Waals surface area contributed by atoms with Gasteiger partial charge in [-0.3, -0.25) is 23.7 Å². The Morgan fingerprint density at radius 3 is 2.55 bits per heavy atom. The summed E-state index contributed by atoms with van der Waals surface area (Å²) >= 11 is 0. The van der Waals surface area contributed by atoms with Gasteiger partial charge in [-0.05, 0) is 55.3 Å². The quantitative estimate of drug-likeness (QED) is 0.257. The number of ketones is 1. The number of hydrogen-bond acceptors (Lipinski definition) is 8. The average Bonchev–Trinajstić information content (AvgIpc) is 3.44. The third-order valence-electron chi connectivity index (χ3n) is 6.69. The third-order valence-corrected chi connectivity index (χ3v) is 6.69. The molecule has 0 bridgehead atoms. The molecule has 0 aliphatic rings. The Morgan fingerprint density at radius 2 is 1.90 bits per heavy atom. The molecule has 0 spiro atoms. The van der Waals surface area contributed by atoms with Gasteiger partial charge in [0.15, 0.2) is 11.4 Å². The van der Waals surface area contributed by atoms with Crippen molar-refractivity contribution in [1.29, 1.82) is 0 Å². The first-order valence-electron chi connectivity index (χ1n) is 12.9. The molecular weight excluding hydrogens is 510 g/mol. The van der Waals surface area contributed by atoms with Gasteiger partial charge in [-0.1, -0.05) is 19.1 Å². The number of Topliss-reactive ketones (excluding diaryl/α,β-unsaturated/α-hetero) is 1. The number of nitrogens with one attached hydrogen (secondary N) is 2. The molecule has 1 aromatic carbocycles. The second-order valence-electron chi connectivity index (χ2n) is 9.29. The van der Waals surface area contributed by atoms with Crippen molar-refractivity contribution in [3.05, 3.63) is 99.1 Å². The van der Waals surface area contributed by atoms with Crippen LogP contribution in [0.1, 0.15) is 42.2 Å². The fourth-order valence-corrected chi connectivity index (χ4v) is 4.51. The number of rotatable bonds is 10. The van der Waals surface area contributed by atoms with E-state index in [9.17, 15) is 14.4 Å². The second kappa shape index (κ2) is 11.4. The maximum absolute atomic E-state index is 13.5. The predicted molar refractivity (Wildman–Crippen MR) is 152 cm³/mol. The molecule has 2 N–H and O–H groups in total. The molecule has 0 aliphatic heterocycles. The fourth-order valence-electron chi connectivity index (χ4n) is 4.51. The van der Waals surface area contributed by atoms with E-state index >= 15 is 0 Å². The van der Waals surface area contributed by atoms with Gasteiger partial charge in [-0.25, -0.2) is 14.8 Å². The average molecular weight is 540 g/mol. The highest BCUT2D eigenvalue weighted by atomic mass is 16.5. The zero-order chi connectivity index (χ0) is 28.2. The van der Waals surface area contributed by atoms with Crippen LogP contribution in [-0.2, 0) is 6.54 Å². The highest BCUT2D eigenvalue weighted by Gasteiger charge is 2.22. The normalized spacial score (nSPS) is 11.9. The number of pyridine rings is 2. The van der Waals surface area contributed by atoms with Crippen LogP contribution >= 0.6 is 0 Å². The monoisotopic (exact) mass is 539 g/mol. The molecule has 0 fully saturated rings. The predicted octanol–water partition coefficient (Wildman–Crippen LogP) is 3.67. The number of imidazole rings is 1. The molecule has 0 saturated heterocycles. The molecule has 0 radical (unpaired) electrons. The van der Waals surface area contributed by atoms with Crippen molar-refractivity contribution in [1.82, 2.24) is 29.1 Å². The van der Waals surface area contributed by atoms with E-state index in [1.165, 1.54) is 10.8 Å². The lowest BCUT2D eigenvalue weighted by molar-refractivity contribution is 0.101. The SMILES string of the molecule is CCCn1c(=O)c2[nH]c(-c3ccc(NCC(=O)c4cccnc4)nc3)nc2n(C(C)c2ccc(OC)cc2)c1=O. The van der Waals surface area contributed by atoms with Crippen LogP contribution in [0, 0.1) is 0 Å². The minimum atomic E-state index is -0.420. The summed E-state index contributed by atoms with van der Waals surface area (Å²) in [7, 11) is 1.60. The number of ether oxygens (including phenoxy) is 1. The standard InChI is InChI=1S/C29H29N7O4/c1-4-14-35-28(38)25-27(36(29(35)39)18(2)19-7-10-22(40-3)11-8-19)34-26(33-25)21-9-12-24(31-16-21)32-17-23(37)20-6-5-13-30-15-20/h5-13,15-16,18H,4,14,17H2,1-3H3,(H,31,32)(H,33,34). The Hall–Kier alpha value is -5.06. The van der Waals surface area contributed by atoms with E-state index < -0.39 is 17.3 Å². The first-order chi connectivity index (χ1) is 19.4. The Bertz CT molecular complexity index is 1760. The molecule has 11 nitrogen and oxygen atoms in total. The maximum atomic E-state index is 13.5. The molecule has 4 aromatic heterocycles. The van der Waals surface area contributed by atoms with Crippen molar-refractivity contribution >= 4 is 22.8 Å². The molecule has 1 atom stereocenters. The zero-order valence-corrected chi connectivity index (χ0v) is 22.4. The van der Waals surface area contributed by atoms with E-state index in [1.807, 2.05) is 38.1 Å². The molecule has 0 aliphatic carbocycles. The number of H-pyrrole nitrogens is 1. The minimum absolute atomic E-state index is 0.0647. The number of aromatic nitrogens is 6. The van der Waals surface area contributed by atoms with Crippen molar-refractivity contribution in [2.24, 2.45) is 0 Å². The summed E-state index contributed by atoms with van der Waals surface area (Å²) in [5.41, 5.74) is 1.68. The summed E-state index contributed by atoms with van der Waals surface area (Å²) in [6, 6.07) is 14.0. The number of carbonyl (C=O) groups excluding carboxylic acids is 1. The molecule has 204 valence electrons. The smallest absolute Gasteiger partial charge is 0.333 e. The van der Waals surface area contributed by atoms with E-state index in [2.05, 4.69) is 25.3 Å². The zero-order valence-electron chi connectivity index (χ0n) is 22.4. The van der Waals surface area contributed by atoms with Crippen molar-refractivity contribution in [2.45, 2.75) is 32.9 Å². The third kappa shape index (κ3) is 5.13. The fraction of sp³-hybridized carbons (Fsp3) is 0.241. The molecule has 5 aromatic rings. The van der Waals surface area contributed by atoms with Crippen molar-refractivity contribution in [3.63, 3.8) is 0 Å². The number of aromatic amines is 1. The van der Waals surface area contributed by atoms with Crippen molar-refractivity contribution in [2.75, 3.05) is 19.0 Å². The van der Waals surface area contributed by atoms with Crippen molar-refractivity contribution in [3.8, 4) is 17.1 Å². The molecular formula is C29H29N7O4.